The summed E-state index contributed by atoms with van der Waals surface area (Å²) in [6.45, 7) is 9.69. The highest BCUT2D eigenvalue weighted by Gasteiger charge is 2.33. The number of thioether (sulfide) groups is 1. The largest absolute Gasteiger partial charge is 0.346 e. The van der Waals surface area contributed by atoms with Crippen LogP contribution in [0.4, 0.5) is 0 Å². The molecule has 1 saturated heterocycles. The van der Waals surface area contributed by atoms with Crippen molar-refractivity contribution in [1.82, 2.24) is 8.87 Å². The van der Waals surface area contributed by atoms with Gasteiger partial charge in [-0.25, -0.2) is 8.42 Å². The summed E-state index contributed by atoms with van der Waals surface area (Å²) in [5.41, 5.74) is 6.59. The number of nitrogens with two attached hydrogens (primary N) is 1. The Morgan fingerprint density at radius 2 is 1.90 bits per heavy atom. The van der Waals surface area contributed by atoms with Gasteiger partial charge in [-0.2, -0.15) is 16.1 Å². The maximum atomic E-state index is 12.8. The van der Waals surface area contributed by atoms with Crippen molar-refractivity contribution < 1.29 is 8.42 Å². The summed E-state index contributed by atoms with van der Waals surface area (Å²) in [6, 6.07) is 1.91. The molecule has 0 amide bonds. The average molecular weight is 332 g/mol. The fourth-order valence-electron chi connectivity index (χ4n) is 2.76. The third kappa shape index (κ3) is 3.47. The zero-order valence-electron chi connectivity index (χ0n) is 13.1. The van der Waals surface area contributed by atoms with E-state index < -0.39 is 10.0 Å². The van der Waals surface area contributed by atoms with Crippen LogP contribution >= 0.6 is 11.8 Å². The van der Waals surface area contributed by atoms with Crippen LogP contribution in [-0.4, -0.2) is 40.9 Å². The Morgan fingerprint density at radius 1 is 1.33 bits per heavy atom. The smallest absolute Gasteiger partial charge is 0.244 e. The molecule has 0 aliphatic carbocycles. The third-order valence-electron chi connectivity index (χ3n) is 3.70. The fourth-order valence-corrected chi connectivity index (χ4v) is 5.94. The highest BCUT2D eigenvalue weighted by Crippen LogP contribution is 2.30. The Morgan fingerprint density at radius 3 is 2.33 bits per heavy atom. The molecule has 0 saturated carbocycles. The third-order valence-corrected chi connectivity index (χ3v) is 6.72. The number of aromatic nitrogens is 1. The van der Waals surface area contributed by atoms with E-state index in [4.69, 9.17) is 5.73 Å². The van der Waals surface area contributed by atoms with Crippen molar-refractivity contribution in [3.05, 3.63) is 18.0 Å². The van der Waals surface area contributed by atoms with E-state index in [9.17, 15) is 8.42 Å². The first-order chi connectivity index (χ1) is 9.75. The fraction of sp³-hybridized carbons (Fsp3) is 0.714. The Bertz CT molecular complexity index is 585. The van der Waals surface area contributed by atoms with Gasteiger partial charge in [-0.05, 0) is 19.9 Å². The number of sulfonamides is 1. The minimum absolute atomic E-state index is 0.197. The van der Waals surface area contributed by atoms with Gasteiger partial charge in [0.1, 0.15) is 4.90 Å². The van der Waals surface area contributed by atoms with Gasteiger partial charge in [0.2, 0.25) is 10.0 Å². The minimum atomic E-state index is -3.43. The summed E-state index contributed by atoms with van der Waals surface area (Å²) >= 11 is 1.84. The summed E-state index contributed by atoms with van der Waals surface area (Å²) in [6.07, 6.45) is 1.72. The van der Waals surface area contributed by atoms with Crippen LogP contribution in [0.3, 0.4) is 0 Å². The Labute approximate surface area is 131 Å². The van der Waals surface area contributed by atoms with Gasteiger partial charge in [0, 0.05) is 48.1 Å². The first kappa shape index (κ1) is 16.9. The molecule has 21 heavy (non-hydrogen) atoms. The lowest BCUT2D eigenvalue weighted by atomic mass is 10.3. The first-order valence-corrected chi connectivity index (χ1v) is 9.70. The van der Waals surface area contributed by atoms with Crippen LogP contribution in [0.1, 0.15) is 39.4 Å². The lowest BCUT2D eigenvalue weighted by Crippen LogP contribution is -2.43. The van der Waals surface area contributed by atoms with Crippen LogP contribution in [0.25, 0.3) is 0 Å². The topological polar surface area (TPSA) is 68.3 Å². The molecule has 1 fully saturated rings. The van der Waals surface area contributed by atoms with Crippen molar-refractivity contribution in [2.45, 2.75) is 55.7 Å². The van der Waals surface area contributed by atoms with Crippen LogP contribution in [0.15, 0.2) is 17.2 Å². The second kappa shape index (κ2) is 6.32. The molecule has 0 aromatic carbocycles. The number of rotatable bonds is 4. The summed E-state index contributed by atoms with van der Waals surface area (Å²) in [4.78, 5) is 0.364. The molecule has 0 radical (unpaired) electrons. The monoisotopic (exact) mass is 331 g/mol. The van der Waals surface area contributed by atoms with Crippen LogP contribution in [0.2, 0.25) is 0 Å². The van der Waals surface area contributed by atoms with Crippen LogP contribution in [0.5, 0.6) is 0 Å². The molecule has 5 nitrogen and oxygen atoms in total. The maximum Gasteiger partial charge on any atom is 0.244 e. The summed E-state index contributed by atoms with van der Waals surface area (Å²) < 4.78 is 29.2. The van der Waals surface area contributed by atoms with E-state index in [1.165, 1.54) is 0 Å². The van der Waals surface area contributed by atoms with Gasteiger partial charge in [0.25, 0.3) is 0 Å². The Balaban J connectivity index is 2.35. The minimum Gasteiger partial charge on any atom is -0.346 e. The maximum absolute atomic E-state index is 12.8. The molecule has 2 unspecified atom stereocenters. The van der Waals surface area contributed by atoms with Gasteiger partial charge in [0.15, 0.2) is 0 Å². The lowest BCUT2D eigenvalue weighted by Gasteiger charge is -2.33. The van der Waals surface area contributed by atoms with Crippen LogP contribution < -0.4 is 5.73 Å². The van der Waals surface area contributed by atoms with Gasteiger partial charge in [-0.15, -0.1) is 0 Å². The zero-order chi connectivity index (χ0) is 15.8. The van der Waals surface area contributed by atoms with Crippen molar-refractivity contribution in [3.63, 3.8) is 0 Å². The van der Waals surface area contributed by atoms with Gasteiger partial charge in [-0.1, -0.05) is 13.8 Å². The number of hydrogen-bond acceptors (Lipinski definition) is 4. The molecule has 120 valence electrons. The summed E-state index contributed by atoms with van der Waals surface area (Å²) in [5.74, 6) is 0. The highest BCUT2D eigenvalue weighted by molar-refractivity contribution is 8.00. The second-order valence-corrected chi connectivity index (χ2v) is 9.77. The Hall–Kier alpha value is -0.500. The van der Waals surface area contributed by atoms with E-state index in [2.05, 4.69) is 13.8 Å². The van der Waals surface area contributed by atoms with E-state index in [0.717, 1.165) is 5.69 Å². The molecule has 2 atom stereocenters. The first-order valence-electron chi connectivity index (χ1n) is 7.32. The van der Waals surface area contributed by atoms with Crippen LogP contribution in [0, 0.1) is 0 Å². The molecule has 2 rings (SSSR count). The van der Waals surface area contributed by atoms with E-state index in [-0.39, 0.29) is 6.04 Å². The predicted octanol–water partition coefficient (Wildman–Crippen LogP) is 2.04. The van der Waals surface area contributed by atoms with Crippen molar-refractivity contribution in [1.29, 1.82) is 0 Å². The molecule has 0 bridgehead atoms. The average Bonchev–Trinajstić information content (AvgIpc) is 2.82. The van der Waals surface area contributed by atoms with Gasteiger partial charge in [0.05, 0.1) is 0 Å². The predicted molar refractivity (Wildman–Crippen MR) is 88.0 cm³/mol. The van der Waals surface area contributed by atoms with E-state index in [1.807, 2.05) is 30.2 Å². The molecular formula is C14H25N3O2S2. The molecule has 1 aromatic heterocycles. The van der Waals surface area contributed by atoms with Gasteiger partial charge in [-0.3, -0.25) is 0 Å². The van der Waals surface area contributed by atoms with Crippen LogP contribution in [-0.2, 0) is 16.6 Å². The van der Waals surface area contributed by atoms with Crippen molar-refractivity contribution >= 4 is 21.8 Å². The summed E-state index contributed by atoms with van der Waals surface area (Å²) in [5, 5.41) is 0.648. The quantitative estimate of drug-likeness (QED) is 0.917. The molecule has 1 aromatic rings. The zero-order valence-corrected chi connectivity index (χ0v) is 14.7. The Kier molecular flexibility index (Phi) is 5.07. The molecule has 0 spiro atoms. The molecule has 2 N–H and O–H groups in total. The molecule has 7 heteroatoms. The number of hydrogen-bond donors (Lipinski definition) is 1. The second-order valence-electron chi connectivity index (χ2n) is 5.95. The van der Waals surface area contributed by atoms with Crippen molar-refractivity contribution in [2.24, 2.45) is 5.73 Å². The molecule has 2 heterocycles. The molecule has 1 aliphatic heterocycles. The summed E-state index contributed by atoms with van der Waals surface area (Å²) in [7, 11) is -3.43. The molecular weight excluding hydrogens is 306 g/mol. The number of nitrogens with zero attached hydrogens (tertiary/aromatic N) is 2. The van der Waals surface area contributed by atoms with Crippen molar-refractivity contribution in [2.75, 3.05) is 13.1 Å². The van der Waals surface area contributed by atoms with Gasteiger partial charge < -0.3 is 10.3 Å². The SMILES string of the molecule is CC1CN(S(=O)(=O)c2cc(CN)n(C(C)C)c2)CC(C)S1. The van der Waals surface area contributed by atoms with Crippen molar-refractivity contribution in [3.8, 4) is 0 Å². The van der Waals surface area contributed by atoms with E-state index >= 15 is 0 Å². The standard InChI is InChI=1S/C14H25N3O2S2/c1-10(2)17-9-14(5-13(17)6-15)21(18,19)16-7-11(3)20-12(4)8-16/h5,9-12H,6-8,15H2,1-4H3. The van der Waals surface area contributed by atoms with E-state index in [0.29, 0.717) is 35.0 Å². The van der Waals surface area contributed by atoms with Gasteiger partial charge >= 0.3 is 0 Å². The highest BCUT2D eigenvalue weighted by atomic mass is 32.2. The van der Waals surface area contributed by atoms with E-state index in [1.54, 1.807) is 16.6 Å². The normalized spacial score (nSPS) is 24.7. The lowest BCUT2D eigenvalue weighted by molar-refractivity contribution is 0.404. The molecule has 1 aliphatic rings.